The summed E-state index contributed by atoms with van der Waals surface area (Å²) in [6.07, 6.45) is 4.37. The van der Waals surface area contributed by atoms with E-state index in [1.54, 1.807) is 0 Å². The van der Waals surface area contributed by atoms with Crippen molar-refractivity contribution in [2.75, 3.05) is 18.5 Å². The van der Waals surface area contributed by atoms with Crippen LogP contribution < -0.4 is 0 Å². The average molecular weight is 307 g/mol. The third-order valence-corrected chi connectivity index (χ3v) is 4.50. The van der Waals surface area contributed by atoms with Gasteiger partial charge in [0.25, 0.3) is 0 Å². The Morgan fingerprint density at radius 3 is 1.22 bits per heavy atom. The van der Waals surface area contributed by atoms with Crippen molar-refractivity contribution in [2.45, 2.75) is 20.8 Å². The molecular weight excluding hydrogens is 291 g/mol. The van der Waals surface area contributed by atoms with Gasteiger partial charge in [0.05, 0.1) is 18.5 Å². The van der Waals surface area contributed by atoms with E-state index in [1.165, 1.54) is 18.5 Å². The molecule has 0 heterocycles. The van der Waals surface area contributed by atoms with E-state index in [-0.39, 0.29) is 7.92 Å². The van der Waals surface area contributed by atoms with E-state index in [1.807, 2.05) is 0 Å². The van der Waals surface area contributed by atoms with Crippen molar-refractivity contribution in [2.24, 2.45) is 0 Å². The molecule has 0 aromatic rings. The van der Waals surface area contributed by atoms with E-state index in [4.69, 9.17) is 0 Å². The van der Waals surface area contributed by atoms with Crippen molar-refractivity contribution >= 4 is 20.9 Å². The normalized spacial score (nSPS) is 8.78. The zero-order valence-electron chi connectivity index (χ0n) is 6.30. The number of hydrogen-bond acceptors (Lipinski definition) is 0. The zero-order chi connectivity index (χ0) is 7.70. The van der Waals surface area contributed by atoms with Gasteiger partial charge < -0.3 is 0 Å². The van der Waals surface area contributed by atoms with Gasteiger partial charge in [0, 0.05) is 0 Å². The van der Waals surface area contributed by atoms with Gasteiger partial charge in [-0.1, -0.05) is 0 Å². The van der Waals surface area contributed by atoms with Gasteiger partial charge in [0.1, 0.15) is 0 Å². The molecule has 0 aliphatic carbocycles. The Hall–Kier alpha value is 1.65. The standard InChI is InChI=1S/C6H15P.Ag.BrH/c1-4-7(5-2)6-3;;/h4-6H2,1-3H3;;1H/q;+1;. The molecule has 0 aromatic heterocycles. The fraction of sp³-hybridized carbons (Fsp3) is 1.00. The molecular formula is C6H16AgBrP+. The number of hydrogen-bond donors (Lipinski definition) is 0. The van der Waals surface area contributed by atoms with Crippen LogP contribution in [0.2, 0.25) is 0 Å². The molecule has 0 N–H and O–H groups in total. The van der Waals surface area contributed by atoms with Crippen LogP contribution in [0.3, 0.4) is 0 Å². The minimum absolute atomic E-state index is 0.137. The monoisotopic (exact) mass is 305 g/mol. The summed E-state index contributed by atoms with van der Waals surface area (Å²) in [6.45, 7) is 6.92. The molecule has 0 aromatic carbocycles. The molecule has 0 atom stereocenters. The zero-order valence-corrected chi connectivity index (χ0v) is 10.4. The summed E-state index contributed by atoms with van der Waals surface area (Å²) in [5, 5.41) is 0. The molecule has 0 spiro atoms. The summed E-state index contributed by atoms with van der Waals surface area (Å²) >= 11 is 5.51. The van der Waals surface area contributed by atoms with Crippen molar-refractivity contribution in [3.8, 4) is 0 Å². The van der Waals surface area contributed by atoms with Crippen molar-refractivity contribution in [1.29, 1.82) is 0 Å². The van der Waals surface area contributed by atoms with E-state index < -0.39 is 0 Å². The van der Waals surface area contributed by atoms with Crippen LogP contribution in [0.5, 0.6) is 0 Å². The minimum atomic E-state index is 0.137. The summed E-state index contributed by atoms with van der Waals surface area (Å²) in [5.41, 5.74) is 0. The molecule has 0 aliphatic heterocycles. The molecule has 0 aliphatic rings. The van der Waals surface area contributed by atoms with Gasteiger partial charge in [0.2, 0.25) is 0 Å². The molecule has 0 saturated carbocycles. The third-order valence-electron chi connectivity index (χ3n) is 1.50. The Labute approximate surface area is 78.8 Å². The topological polar surface area (TPSA) is 0 Å². The molecule has 0 saturated heterocycles. The second-order valence-corrected chi connectivity index (χ2v) is 5.43. The van der Waals surface area contributed by atoms with E-state index in [0.29, 0.717) is 0 Å². The Bertz CT molecular complexity index is 34.5. The van der Waals surface area contributed by atoms with Crippen molar-refractivity contribution < 1.29 is 18.9 Å². The summed E-state index contributed by atoms with van der Waals surface area (Å²) in [6, 6.07) is 0. The fourth-order valence-corrected chi connectivity index (χ4v) is 2.25. The van der Waals surface area contributed by atoms with E-state index in [0.717, 1.165) is 0 Å². The molecule has 0 bridgehead atoms. The average Bonchev–Trinajstić information content (AvgIpc) is 1.96. The predicted octanol–water partition coefficient (Wildman–Crippen LogP) is 3.10. The van der Waals surface area contributed by atoms with Gasteiger partial charge in [0.15, 0.2) is 0 Å². The van der Waals surface area contributed by atoms with Gasteiger partial charge in [-0.25, -0.2) is 0 Å². The van der Waals surface area contributed by atoms with Gasteiger partial charge in [-0.15, -0.1) is 0 Å². The third kappa shape index (κ3) is 9.65. The maximum atomic E-state index is 2.76. The first-order chi connectivity index (χ1) is 4.35. The van der Waals surface area contributed by atoms with Crippen LogP contribution in [0.15, 0.2) is 0 Å². The Balaban J connectivity index is 0. The molecule has 0 fully saturated rings. The van der Waals surface area contributed by atoms with E-state index >= 15 is 0 Å². The Kier molecular flexibility index (Phi) is 18.2. The van der Waals surface area contributed by atoms with Crippen LogP contribution in [0.25, 0.3) is 0 Å². The molecule has 9 heavy (non-hydrogen) atoms. The number of halogens is 1. The van der Waals surface area contributed by atoms with Crippen molar-refractivity contribution in [1.82, 2.24) is 0 Å². The molecule has 0 rings (SSSR count). The number of rotatable bonds is 3. The fourth-order valence-electron chi connectivity index (χ4n) is 0.750. The van der Waals surface area contributed by atoms with Gasteiger partial charge >= 0.3 is 32.0 Å². The van der Waals surface area contributed by atoms with Crippen molar-refractivity contribution in [3.05, 3.63) is 0 Å². The van der Waals surface area contributed by atoms with Crippen LogP contribution in [0.4, 0.5) is 0 Å². The van der Waals surface area contributed by atoms with Gasteiger partial charge in [-0.05, 0) is 28.7 Å². The predicted molar refractivity (Wildman–Crippen MR) is 48.9 cm³/mol. The molecule has 0 unspecified atom stereocenters. The first kappa shape index (κ1) is 13.3. The first-order valence-electron chi connectivity index (χ1n) is 3.30. The van der Waals surface area contributed by atoms with Crippen LogP contribution in [-0.4, -0.2) is 18.5 Å². The second kappa shape index (κ2) is 12.3. The van der Waals surface area contributed by atoms with Crippen LogP contribution >= 0.6 is 20.9 Å². The molecule has 0 nitrogen and oxygen atoms in total. The Morgan fingerprint density at radius 1 is 1.00 bits per heavy atom. The molecule has 62 valence electrons. The Morgan fingerprint density at radius 2 is 1.22 bits per heavy atom. The SMILES string of the molecule is CC[PH+](CC)CC.[Br][Ag]. The quantitative estimate of drug-likeness (QED) is 0.555. The van der Waals surface area contributed by atoms with Crippen molar-refractivity contribution in [3.63, 3.8) is 0 Å². The van der Waals surface area contributed by atoms with Crippen LogP contribution in [-0.2, 0) is 18.9 Å². The summed E-state index contributed by atoms with van der Waals surface area (Å²) < 4.78 is 0. The summed E-state index contributed by atoms with van der Waals surface area (Å²) in [4.78, 5) is 0. The summed E-state index contributed by atoms with van der Waals surface area (Å²) in [7, 11) is 0.137. The van der Waals surface area contributed by atoms with Gasteiger partial charge in [-0.3, -0.25) is 0 Å². The van der Waals surface area contributed by atoms with Crippen LogP contribution in [0, 0.1) is 0 Å². The van der Waals surface area contributed by atoms with E-state index in [9.17, 15) is 0 Å². The first-order valence-corrected chi connectivity index (χ1v) is 8.81. The molecule has 0 amide bonds. The van der Waals surface area contributed by atoms with E-state index in [2.05, 4.69) is 52.7 Å². The summed E-state index contributed by atoms with van der Waals surface area (Å²) in [5.74, 6) is 0. The maximum absolute atomic E-state index is 2.76. The molecule has 3 heteroatoms. The van der Waals surface area contributed by atoms with Crippen LogP contribution in [0.1, 0.15) is 20.8 Å². The van der Waals surface area contributed by atoms with Gasteiger partial charge in [-0.2, -0.15) is 0 Å². The molecule has 0 radical (unpaired) electrons. The second-order valence-electron chi connectivity index (χ2n) is 1.81.